The van der Waals surface area contributed by atoms with E-state index in [2.05, 4.69) is 18.9 Å². The zero-order valence-corrected chi connectivity index (χ0v) is 10.9. The standard InChI is InChI=1S/C13H20FNS/c1-3-4-9-15(2)10-11-16-13-7-5-12(14)6-8-13/h5-8H,3-4,9-11H2,1-2H3. The van der Waals surface area contributed by atoms with Crippen LogP contribution in [0.25, 0.3) is 0 Å². The minimum absolute atomic E-state index is 0.163. The molecule has 0 aliphatic heterocycles. The van der Waals surface area contributed by atoms with Crippen molar-refractivity contribution < 1.29 is 4.39 Å². The van der Waals surface area contributed by atoms with Gasteiger partial charge in [0.15, 0.2) is 0 Å². The minimum Gasteiger partial charge on any atom is -0.306 e. The van der Waals surface area contributed by atoms with Crippen molar-refractivity contribution in [3.63, 3.8) is 0 Å². The highest BCUT2D eigenvalue weighted by molar-refractivity contribution is 7.99. The van der Waals surface area contributed by atoms with Gasteiger partial charge >= 0.3 is 0 Å². The summed E-state index contributed by atoms with van der Waals surface area (Å²) in [7, 11) is 2.15. The molecule has 0 N–H and O–H groups in total. The van der Waals surface area contributed by atoms with Crippen LogP contribution in [0.15, 0.2) is 29.2 Å². The zero-order valence-electron chi connectivity index (χ0n) is 10.1. The van der Waals surface area contributed by atoms with Gasteiger partial charge in [0.2, 0.25) is 0 Å². The molecule has 0 bridgehead atoms. The van der Waals surface area contributed by atoms with E-state index in [1.54, 1.807) is 11.8 Å². The lowest BCUT2D eigenvalue weighted by molar-refractivity contribution is 0.348. The molecule has 1 rings (SSSR count). The van der Waals surface area contributed by atoms with Crippen LogP contribution in [-0.2, 0) is 0 Å². The Morgan fingerprint density at radius 2 is 1.88 bits per heavy atom. The van der Waals surface area contributed by atoms with E-state index < -0.39 is 0 Å². The summed E-state index contributed by atoms with van der Waals surface area (Å²) in [4.78, 5) is 3.49. The summed E-state index contributed by atoms with van der Waals surface area (Å²) in [6.07, 6.45) is 2.51. The Labute approximate surface area is 102 Å². The van der Waals surface area contributed by atoms with E-state index in [1.807, 2.05) is 12.1 Å². The van der Waals surface area contributed by atoms with Crippen LogP contribution in [0.2, 0.25) is 0 Å². The first-order valence-electron chi connectivity index (χ1n) is 5.79. The average molecular weight is 241 g/mol. The second kappa shape index (κ2) is 7.69. The SMILES string of the molecule is CCCCN(C)CCSc1ccc(F)cc1. The lowest BCUT2D eigenvalue weighted by Crippen LogP contribution is -2.22. The van der Waals surface area contributed by atoms with E-state index in [4.69, 9.17) is 0 Å². The van der Waals surface area contributed by atoms with Gasteiger partial charge in [-0.25, -0.2) is 4.39 Å². The van der Waals surface area contributed by atoms with Crippen LogP contribution >= 0.6 is 11.8 Å². The van der Waals surface area contributed by atoms with Crippen LogP contribution in [0.4, 0.5) is 4.39 Å². The van der Waals surface area contributed by atoms with E-state index in [0.717, 1.165) is 17.2 Å². The lowest BCUT2D eigenvalue weighted by Gasteiger charge is -2.15. The first-order valence-corrected chi connectivity index (χ1v) is 6.78. The molecule has 0 heterocycles. The van der Waals surface area contributed by atoms with Gasteiger partial charge in [-0.3, -0.25) is 0 Å². The third kappa shape index (κ3) is 5.52. The molecule has 0 atom stereocenters. The fourth-order valence-corrected chi connectivity index (χ4v) is 2.36. The van der Waals surface area contributed by atoms with Gasteiger partial charge in [-0.2, -0.15) is 0 Å². The molecule has 0 spiro atoms. The van der Waals surface area contributed by atoms with Crippen LogP contribution in [0.3, 0.4) is 0 Å². The summed E-state index contributed by atoms with van der Waals surface area (Å²) in [6.45, 7) is 4.46. The molecule has 16 heavy (non-hydrogen) atoms. The van der Waals surface area contributed by atoms with Crippen molar-refractivity contribution in [2.24, 2.45) is 0 Å². The van der Waals surface area contributed by atoms with Crippen molar-refractivity contribution in [3.05, 3.63) is 30.1 Å². The molecule has 0 saturated carbocycles. The minimum atomic E-state index is -0.163. The second-order valence-corrected chi connectivity index (χ2v) is 5.13. The predicted molar refractivity (Wildman–Crippen MR) is 69.5 cm³/mol. The number of rotatable bonds is 7. The highest BCUT2D eigenvalue weighted by Crippen LogP contribution is 2.17. The molecule has 0 fully saturated rings. The first-order chi connectivity index (χ1) is 7.72. The van der Waals surface area contributed by atoms with Crippen molar-refractivity contribution in [3.8, 4) is 0 Å². The monoisotopic (exact) mass is 241 g/mol. The average Bonchev–Trinajstić information content (AvgIpc) is 2.29. The van der Waals surface area contributed by atoms with Gasteiger partial charge in [-0.1, -0.05) is 13.3 Å². The fourth-order valence-electron chi connectivity index (χ4n) is 1.39. The Bertz CT molecular complexity index is 286. The molecule has 0 amide bonds. The first kappa shape index (κ1) is 13.5. The second-order valence-electron chi connectivity index (χ2n) is 3.96. The van der Waals surface area contributed by atoms with Gasteiger partial charge in [0.25, 0.3) is 0 Å². The third-order valence-electron chi connectivity index (χ3n) is 2.45. The molecule has 0 radical (unpaired) electrons. The molecule has 0 saturated heterocycles. The van der Waals surface area contributed by atoms with Gasteiger partial charge in [-0.05, 0) is 44.3 Å². The van der Waals surface area contributed by atoms with Crippen molar-refractivity contribution in [1.82, 2.24) is 4.90 Å². The summed E-state index contributed by atoms with van der Waals surface area (Å²) in [5.74, 6) is 0.899. The summed E-state index contributed by atoms with van der Waals surface area (Å²) in [6, 6.07) is 6.71. The predicted octanol–water partition coefficient (Wildman–Crippen LogP) is 3.65. The van der Waals surface area contributed by atoms with Crippen molar-refractivity contribution in [1.29, 1.82) is 0 Å². The molecule has 3 heteroatoms. The summed E-state index contributed by atoms with van der Waals surface area (Å²) in [5.41, 5.74) is 0. The maximum Gasteiger partial charge on any atom is 0.123 e. The van der Waals surface area contributed by atoms with Gasteiger partial charge in [0.1, 0.15) is 5.82 Å². The maximum atomic E-state index is 12.7. The number of unbranched alkanes of at least 4 members (excludes halogenated alkanes) is 1. The van der Waals surface area contributed by atoms with E-state index in [-0.39, 0.29) is 5.82 Å². The van der Waals surface area contributed by atoms with Gasteiger partial charge in [0.05, 0.1) is 0 Å². The van der Waals surface area contributed by atoms with Crippen LogP contribution in [0, 0.1) is 5.82 Å². The van der Waals surface area contributed by atoms with Crippen molar-refractivity contribution >= 4 is 11.8 Å². The van der Waals surface area contributed by atoms with E-state index >= 15 is 0 Å². The molecule has 0 aromatic heterocycles. The molecule has 90 valence electrons. The summed E-state index contributed by atoms with van der Waals surface area (Å²) < 4.78 is 12.7. The molecule has 0 unspecified atom stereocenters. The Kier molecular flexibility index (Phi) is 6.50. The molecular formula is C13H20FNS. The van der Waals surface area contributed by atoms with Crippen molar-refractivity contribution in [2.45, 2.75) is 24.7 Å². The summed E-state index contributed by atoms with van der Waals surface area (Å²) in [5, 5.41) is 0. The third-order valence-corrected chi connectivity index (χ3v) is 3.44. The van der Waals surface area contributed by atoms with E-state index in [1.165, 1.54) is 31.5 Å². The van der Waals surface area contributed by atoms with Gasteiger partial charge < -0.3 is 4.90 Å². The Morgan fingerprint density at radius 1 is 1.19 bits per heavy atom. The van der Waals surface area contributed by atoms with Crippen molar-refractivity contribution in [2.75, 3.05) is 25.9 Å². The van der Waals surface area contributed by atoms with Crippen LogP contribution < -0.4 is 0 Å². The maximum absolute atomic E-state index is 12.7. The van der Waals surface area contributed by atoms with Gasteiger partial charge in [-0.15, -0.1) is 11.8 Å². The van der Waals surface area contributed by atoms with Gasteiger partial charge in [0, 0.05) is 17.2 Å². The highest BCUT2D eigenvalue weighted by Gasteiger charge is 1.99. The number of nitrogens with zero attached hydrogens (tertiary/aromatic N) is 1. The Balaban J connectivity index is 2.17. The molecular weight excluding hydrogens is 221 g/mol. The quantitative estimate of drug-likeness (QED) is 0.670. The number of hydrogen-bond acceptors (Lipinski definition) is 2. The Morgan fingerprint density at radius 3 is 2.50 bits per heavy atom. The smallest absolute Gasteiger partial charge is 0.123 e. The van der Waals surface area contributed by atoms with E-state index in [9.17, 15) is 4.39 Å². The lowest BCUT2D eigenvalue weighted by atomic mass is 10.3. The molecule has 1 aromatic carbocycles. The molecule has 1 aromatic rings. The normalized spacial score (nSPS) is 11.0. The highest BCUT2D eigenvalue weighted by atomic mass is 32.2. The molecule has 0 aliphatic carbocycles. The Hall–Kier alpha value is -0.540. The topological polar surface area (TPSA) is 3.24 Å². The number of halogens is 1. The number of benzene rings is 1. The van der Waals surface area contributed by atoms with E-state index in [0.29, 0.717) is 0 Å². The van der Waals surface area contributed by atoms with Crippen LogP contribution in [0.5, 0.6) is 0 Å². The molecule has 1 nitrogen and oxygen atoms in total. The zero-order chi connectivity index (χ0) is 11.8. The number of hydrogen-bond donors (Lipinski definition) is 0. The number of thioether (sulfide) groups is 1. The van der Waals surface area contributed by atoms with Crippen LogP contribution in [-0.4, -0.2) is 30.8 Å². The molecule has 0 aliphatic rings. The van der Waals surface area contributed by atoms with Crippen LogP contribution in [0.1, 0.15) is 19.8 Å². The summed E-state index contributed by atoms with van der Waals surface area (Å²) >= 11 is 1.78. The largest absolute Gasteiger partial charge is 0.306 e. The fraction of sp³-hybridized carbons (Fsp3) is 0.538.